The average molecular weight is 306 g/mol. The minimum atomic E-state index is -0.844. The van der Waals surface area contributed by atoms with Crippen LogP contribution >= 0.6 is 0 Å². The molecular formula is C16H22N2O4. The van der Waals surface area contributed by atoms with Crippen LogP contribution in [0.25, 0.3) is 0 Å². The van der Waals surface area contributed by atoms with Gasteiger partial charge < -0.3 is 20.5 Å². The minimum Gasteiger partial charge on any atom is -0.462 e. The highest BCUT2D eigenvalue weighted by Crippen LogP contribution is 2.18. The molecule has 0 aromatic heterocycles. The predicted octanol–water partition coefficient (Wildman–Crippen LogP) is 0.987. The lowest BCUT2D eigenvalue weighted by Crippen LogP contribution is -2.56. The first kappa shape index (κ1) is 16.5. The zero-order valence-electron chi connectivity index (χ0n) is 12.8. The van der Waals surface area contributed by atoms with Crippen molar-refractivity contribution in [1.82, 2.24) is 5.32 Å². The summed E-state index contributed by atoms with van der Waals surface area (Å²) < 4.78 is 10.2. The summed E-state index contributed by atoms with van der Waals surface area (Å²) in [4.78, 5) is 23.7. The molecule has 1 saturated heterocycles. The molecule has 1 aromatic rings. The van der Waals surface area contributed by atoms with Crippen molar-refractivity contribution in [2.24, 2.45) is 5.73 Å². The number of hydrogen-bond acceptors (Lipinski definition) is 5. The summed E-state index contributed by atoms with van der Waals surface area (Å²) in [6, 6.07) is 6.96. The number of carbonyl (C=O) groups excluding carboxylic acids is 2. The Kier molecular flexibility index (Phi) is 5.51. The van der Waals surface area contributed by atoms with Gasteiger partial charge in [0.25, 0.3) is 0 Å². The van der Waals surface area contributed by atoms with Crippen molar-refractivity contribution >= 4 is 11.9 Å². The molecule has 22 heavy (non-hydrogen) atoms. The number of ether oxygens (including phenoxy) is 2. The van der Waals surface area contributed by atoms with Crippen LogP contribution in [0.15, 0.2) is 24.3 Å². The third kappa shape index (κ3) is 4.05. The Hall–Kier alpha value is -1.92. The van der Waals surface area contributed by atoms with Gasteiger partial charge in [-0.3, -0.25) is 4.79 Å². The van der Waals surface area contributed by atoms with Gasteiger partial charge in [0.1, 0.15) is 0 Å². The number of hydrogen-bond donors (Lipinski definition) is 2. The summed E-state index contributed by atoms with van der Waals surface area (Å²) in [6.45, 7) is 3.51. The Morgan fingerprint density at radius 3 is 2.50 bits per heavy atom. The molecule has 1 amide bonds. The van der Waals surface area contributed by atoms with Crippen molar-refractivity contribution in [1.29, 1.82) is 0 Å². The SMILES string of the molecule is CCOC(=O)c1ccc(CNC(=O)C2(N)CCOCC2)cc1. The van der Waals surface area contributed by atoms with E-state index in [0.29, 0.717) is 44.8 Å². The summed E-state index contributed by atoms with van der Waals surface area (Å²) >= 11 is 0. The van der Waals surface area contributed by atoms with Crippen molar-refractivity contribution in [2.45, 2.75) is 31.8 Å². The van der Waals surface area contributed by atoms with Gasteiger partial charge in [-0.2, -0.15) is 0 Å². The van der Waals surface area contributed by atoms with Gasteiger partial charge in [-0.05, 0) is 37.5 Å². The molecular weight excluding hydrogens is 284 g/mol. The maximum atomic E-state index is 12.2. The van der Waals surface area contributed by atoms with Gasteiger partial charge in [-0.1, -0.05) is 12.1 Å². The first-order valence-electron chi connectivity index (χ1n) is 7.46. The van der Waals surface area contributed by atoms with Crippen LogP contribution in [-0.2, 0) is 20.8 Å². The molecule has 0 spiro atoms. The molecule has 6 nitrogen and oxygen atoms in total. The second-order valence-electron chi connectivity index (χ2n) is 5.37. The van der Waals surface area contributed by atoms with Gasteiger partial charge in [-0.25, -0.2) is 4.79 Å². The van der Waals surface area contributed by atoms with E-state index >= 15 is 0 Å². The van der Waals surface area contributed by atoms with Gasteiger partial charge in [0.15, 0.2) is 0 Å². The first-order valence-corrected chi connectivity index (χ1v) is 7.46. The van der Waals surface area contributed by atoms with E-state index in [1.807, 2.05) is 0 Å². The molecule has 0 radical (unpaired) electrons. The fraction of sp³-hybridized carbons (Fsp3) is 0.500. The molecule has 0 saturated carbocycles. The van der Waals surface area contributed by atoms with Crippen molar-refractivity contribution in [3.63, 3.8) is 0 Å². The number of amides is 1. The molecule has 3 N–H and O–H groups in total. The Labute approximate surface area is 130 Å². The van der Waals surface area contributed by atoms with E-state index in [1.54, 1.807) is 31.2 Å². The van der Waals surface area contributed by atoms with Crippen LogP contribution in [0.4, 0.5) is 0 Å². The molecule has 1 heterocycles. The molecule has 1 aromatic carbocycles. The zero-order valence-corrected chi connectivity index (χ0v) is 12.8. The van der Waals surface area contributed by atoms with Gasteiger partial charge in [0, 0.05) is 19.8 Å². The fourth-order valence-electron chi connectivity index (χ4n) is 2.29. The summed E-state index contributed by atoms with van der Waals surface area (Å²) in [6.07, 6.45) is 1.06. The van der Waals surface area contributed by atoms with Crippen molar-refractivity contribution in [3.05, 3.63) is 35.4 Å². The number of benzene rings is 1. The van der Waals surface area contributed by atoms with E-state index in [9.17, 15) is 9.59 Å². The first-order chi connectivity index (χ1) is 10.5. The molecule has 120 valence electrons. The second kappa shape index (κ2) is 7.38. The van der Waals surface area contributed by atoms with Crippen LogP contribution in [0.3, 0.4) is 0 Å². The van der Waals surface area contributed by atoms with Crippen LogP contribution in [0, 0.1) is 0 Å². The van der Waals surface area contributed by atoms with E-state index in [4.69, 9.17) is 15.2 Å². The molecule has 6 heteroatoms. The van der Waals surface area contributed by atoms with Crippen LogP contribution in [-0.4, -0.2) is 37.2 Å². The van der Waals surface area contributed by atoms with E-state index in [1.165, 1.54) is 0 Å². The van der Waals surface area contributed by atoms with Gasteiger partial charge in [-0.15, -0.1) is 0 Å². The molecule has 2 rings (SSSR count). The van der Waals surface area contributed by atoms with Crippen LogP contribution in [0.5, 0.6) is 0 Å². The van der Waals surface area contributed by atoms with Gasteiger partial charge >= 0.3 is 5.97 Å². The normalized spacial score (nSPS) is 16.8. The van der Waals surface area contributed by atoms with E-state index < -0.39 is 5.54 Å². The van der Waals surface area contributed by atoms with Crippen LogP contribution in [0.1, 0.15) is 35.7 Å². The van der Waals surface area contributed by atoms with Gasteiger partial charge in [0.05, 0.1) is 17.7 Å². The Morgan fingerprint density at radius 1 is 1.27 bits per heavy atom. The number of carbonyl (C=O) groups is 2. The van der Waals surface area contributed by atoms with E-state index in [0.717, 1.165) is 5.56 Å². The Bertz CT molecular complexity index is 521. The topological polar surface area (TPSA) is 90.7 Å². The van der Waals surface area contributed by atoms with Crippen molar-refractivity contribution in [2.75, 3.05) is 19.8 Å². The summed E-state index contributed by atoms with van der Waals surface area (Å²) in [5.41, 5.74) is 6.66. The average Bonchev–Trinajstić information content (AvgIpc) is 2.54. The molecule has 1 aliphatic rings. The summed E-state index contributed by atoms with van der Waals surface area (Å²) in [5, 5.41) is 2.85. The number of esters is 1. The monoisotopic (exact) mass is 306 g/mol. The van der Waals surface area contributed by atoms with Gasteiger partial charge in [0.2, 0.25) is 5.91 Å². The summed E-state index contributed by atoms with van der Waals surface area (Å²) in [5.74, 6) is -0.508. The molecule has 0 unspecified atom stereocenters. The fourth-order valence-corrected chi connectivity index (χ4v) is 2.29. The third-order valence-electron chi connectivity index (χ3n) is 3.76. The minimum absolute atomic E-state index is 0.162. The lowest BCUT2D eigenvalue weighted by molar-refractivity contribution is -0.129. The smallest absolute Gasteiger partial charge is 0.338 e. The van der Waals surface area contributed by atoms with Crippen LogP contribution in [0.2, 0.25) is 0 Å². The highest BCUT2D eigenvalue weighted by atomic mass is 16.5. The van der Waals surface area contributed by atoms with Crippen molar-refractivity contribution in [3.8, 4) is 0 Å². The van der Waals surface area contributed by atoms with E-state index in [-0.39, 0.29) is 11.9 Å². The Balaban J connectivity index is 1.88. The lowest BCUT2D eigenvalue weighted by Gasteiger charge is -2.31. The molecule has 0 aliphatic carbocycles. The predicted molar refractivity (Wildman–Crippen MR) is 81.2 cm³/mol. The molecule has 0 atom stereocenters. The number of nitrogens with one attached hydrogen (secondary N) is 1. The number of rotatable bonds is 5. The quantitative estimate of drug-likeness (QED) is 0.792. The maximum absolute atomic E-state index is 12.2. The maximum Gasteiger partial charge on any atom is 0.338 e. The highest BCUT2D eigenvalue weighted by Gasteiger charge is 2.35. The zero-order chi connectivity index (χ0) is 16.0. The standard InChI is InChI=1S/C16H22N2O4/c1-2-22-14(19)13-5-3-12(4-6-13)11-18-15(20)16(17)7-9-21-10-8-16/h3-6H,2,7-11,17H2,1H3,(H,18,20). The van der Waals surface area contributed by atoms with Crippen molar-refractivity contribution < 1.29 is 19.1 Å². The molecule has 1 fully saturated rings. The Morgan fingerprint density at radius 2 is 1.91 bits per heavy atom. The molecule has 1 aliphatic heterocycles. The van der Waals surface area contributed by atoms with Crippen LogP contribution < -0.4 is 11.1 Å². The highest BCUT2D eigenvalue weighted by molar-refractivity contribution is 5.89. The second-order valence-corrected chi connectivity index (χ2v) is 5.37. The lowest BCUT2D eigenvalue weighted by atomic mass is 9.90. The third-order valence-corrected chi connectivity index (χ3v) is 3.76. The van der Waals surface area contributed by atoms with E-state index in [2.05, 4.69) is 5.32 Å². The summed E-state index contributed by atoms with van der Waals surface area (Å²) in [7, 11) is 0. The molecule has 0 bridgehead atoms. The largest absolute Gasteiger partial charge is 0.462 e. The number of nitrogens with two attached hydrogens (primary N) is 1.